The molecule has 9 nitrogen and oxygen atoms in total. The highest BCUT2D eigenvalue weighted by Crippen LogP contribution is 2.34. The summed E-state index contributed by atoms with van der Waals surface area (Å²) in [4.78, 5) is 12.1. The zero-order valence-corrected chi connectivity index (χ0v) is 12.7. The average molecular weight is 327 g/mol. The lowest BCUT2D eigenvalue weighted by molar-refractivity contribution is 0.101. The summed E-state index contributed by atoms with van der Waals surface area (Å²) in [5, 5.41) is 14.3. The molecule has 0 aliphatic carbocycles. The van der Waals surface area contributed by atoms with Gasteiger partial charge < -0.3 is 13.9 Å². The SMILES string of the molecule is Cn1nccc1C(=O)Nc1nnc(-c2ccc3c(c2)OCCO3)o1. The van der Waals surface area contributed by atoms with Gasteiger partial charge in [-0.25, -0.2) is 0 Å². The number of ether oxygens (including phenoxy) is 2. The molecule has 0 unspecified atom stereocenters. The Morgan fingerprint density at radius 2 is 2.00 bits per heavy atom. The lowest BCUT2D eigenvalue weighted by Crippen LogP contribution is -2.16. The molecule has 4 rings (SSSR count). The second kappa shape index (κ2) is 5.69. The summed E-state index contributed by atoms with van der Waals surface area (Å²) < 4.78 is 17.9. The molecule has 0 spiro atoms. The van der Waals surface area contributed by atoms with E-state index >= 15 is 0 Å². The predicted molar refractivity (Wildman–Crippen MR) is 81.9 cm³/mol. The third kappa shape index (κ3) is 2.56. The Hall–Kier alpha value is -3.36. The standard InChI is InChI=1S/C15H13N5O4/c1-20-10(4-5-16-20)13(21)17-15-19-18-14(24-15)9-2-3-11-12(8-9)23-7-6-22-11/h2-5,8H,6-7H2,1H3,(H,17,19,21). The van der Waals surface area contributed by atoms with E-state index in [1.165, 1.54) is 10.9 Å². The van der Waals surface area contributed by atoms with Gasteiger partial charge >= 0.3 is 6.01 Å². The van der Waals surface area contributed by atoms with E-state index in [9.17, 15) is 4.79 Å². The van der Waals surface area contributed by atoms with Gasteiger partial charge in [0.15, 0.2) is 11.5 Å². The number of nitrogens with one attached hydrogen (secondary N) is 1. The Morgan fingerprint density at radius 1 is 1.17 bits per heavy atom. The van der Waals surface area contributed by atoms with Crippen molar-refractivity contribution >= 4 is 11.9 Å². The molecule has 0 saturated carbocycles. The maximum Gasteiger partial charge on any atom is 0.322 e. The molecule has 122 valence electrons. The Kier molecular flexibility index (Phi) is 3.38. The van der Waals surface area contributed by atoms with Crippen LogP contribution in [0.2, 0.25) is 0 Å². The van der Waals surface area contributed by atoms with Crippen LogP contribution in [-0.4, -0.2) is 39.1 Å². The van der Waals surface area contributed by atoms with E-state index in [-0.39, 0.29) is 17.8 Å². The van der Waals surface area contributed by atoms with Crippen molar-refractivity contribution in [3.05, 3.63) is 36.2 Å². The number of anilines is 1. The molecule has 1 aromatic carbocycles. The van der Waals surface area contributed by atoms with E-state index in [1.807, 2.05) is 0 Å². The van der Waals surface area contributed by atoms with Crippen LogP contribution in [-0.2, 0) is 7.05 Å². The van der Waals surface area contributed by atoms with Gasteiger partial charge in [0.1, 0.15) is 18.9 Å². The molecule has 24 heavy (non-hydrogen) atoms. The van der Waals surface area contributed by atoms with E-state index in [4.69, 9.17) is 13.9 Å². The van der Waals surface area contributed by atoms with Crippen molar-refractivity contribution < 1.29 is 18.7 Å². The second-order valence-electron chi connectivity index (χ2n) is 5.06. The first-order chi connectivity index (χ1) is 11.7. The van der Waals surface area contributed by atoms with E-state index in [1.54, 1.807) is 31.3 Å². The molecule has 1 N–H and O–H groups in total. The molecule has 1 aliphatic heterocycles. The second-order valence-corrected chi connectivity index (χ2v) is 5.06. The lowest BCUT2D eigenvalue weighted by atomic mass is 10.2. The zero-order chi connectivity index (χ0) is 16.5. The van der Waals surface area contributed by atoms with Crippen LogP contribution in [0.5, 0.6) is 11.5 Å². The summed E-state index contributed by atoms with van der Waals surface area (Å²) in [5.41, 5.74) is 1.06. The Morgan fingerprint density at radius 3 is 2.79 bits per heavy atom. The van der Waals surface area contributed by atoms with Gasteiger partial charge in [-0.1, -0.05) is 5.10 Å². The Bertz CT molecular complexity index is 901. The highest BCUT2D eigenvalue weighted by Gasteiger charge is 2.17. The quantitative estimate of drug-likeness (QED) is 0.777. The molecule has 0 atom stereocenters. The van der Waals surface area contributed by atoms with Crippen LogP contribution in [0.3, 0.4) is 0 Å². The van der Waals surface area contributed by atoms with Gasteiger partial charge in [0.25, 0.3) is 5.91 Å². The number of nitrogens with zero attached hydrogens (tertiary/aromatic N) is 4. The molecule has 0 saturated heterocycles. The molecule has 2 aromatic heterocycles. The maximum atomic E-state index is 12.1. The van der Waals surface area contributed by atoms with E-state index in [2.05, 4.69) is 20.6 Å². The number of carbonyl (C=O) groups is 1. The minimum Gasteiger partial charge on any atom is -0.486 e. The summed E-state index contributed by atoms with van der Waals surface area (Å²) in [6.07, 6.45) is 1.53. The molecule has 0 bridgehead atoms. The van der Waals surface area contributed by atoms with Crippen molar-refractivity contribution in [3.63, 3.8) is 0 Å². The molecule has 9 heteroatoms. The third-order valence-corrected chi connectivity index (χ3v) is 3.49. The fourth-order valence-corrected chi connectivity index (χ4v) is 2.32. The lowest BCUT2D eigenvalue weighted by Gasteiger charge is -2.18. The first kappa shape index (κ1) is 14.2. The summed E-state index contributed by atoms with van der Waals surface area (Å²) >= 11 is 0. The summed E-state index contributed by atoms with van der Waals surface area (Å²) in [6.45, 7) is 1.02. The van der Waals surface area contributed by atoms with E-state index < -0.39 is 0 Å². The average Bonchev–Trinajstić information content (AvgIpc) is 3.23. The van der Waals surface area contributed by atoms with Crippen LogP contribution in [0.4, 0.5) is 6.01 Å². The third-order valence-electron chi connectivity index (χ3n) is 3.49. The van der Waals surface area contributed by atoms with Gasteiger partial charge in [-0.15, -0.1) is 5.10 Å². The number of hydrogen-bond acceptors (Lipinski definition) is 7. The first-order valence-corrected chi connectivity index (χ1v) is 7.23. The van der Waals surface area contributed by atoms with Crippen molar-refractivity contribution in [3.8, 4) is 23.0 Å². The molecule has 3 aromatic rings. The first-order valence-electron chi connectivity index (χ1n) is 7.23. The molecule has 3 heterocycles. The maximum absolute atomic E-state index is 12.1. The minimum absolute atomic E-state index is 0.00564. The van der Waals surface area contributed by atoms with Crippen LogP contribution in [0.15, 0.2) is 34.9 Å². The minimum atomic E-state index is -0.382. The normalized spacial score (nSPS) is 12.9. The van der Waals surface area contributed by atoms with Crippen LogP contribution < -0.4 is 14.8 Å². The largest absolute Gasteiger partial charge is 0.486 e. The summed E-state index contributed by atoms with van der Waals surface area (Å²) in [6, 6.07) is 6.92. The van der Waals surface area contributed by atoms with Crippen LogP contribution >= 0.6 is 0 Å². The van der Waals surface area contributed by atoms with Crippen molar-refractivity contribution in [1.29, 1.82) is 0 Å². The van der Waals surface area contributed by atoms with Gasteiger partial charge in [0.05, 0.1) is 0 Å². The number of rotatable bonds is 3. The van der Waals surface area contributed by atoms with Crippen molar-refractivity contribution in [2.45, 2.75) is 0 Å². The fraction of sp³-hybridized carbons (Fsp3) is 0.200. The molecular weight excluding hydrogens is 314 g/mol. The van der Waals surface area contributed by atoms with Gasteiger partial charge in [-0.2, -0.15) is 5.10 Å². The van der Waals surface area contributed by atoms with E-state index in [0.717, 1.165) is 0 Å². The van der Waals surface area contributed by atoms with E-state index in [0.29, 0.717) is 36.0 Å². The number of hydrogen-bond donors (Lipinski definition) is 1. The van der Waals surface area contributed by atoms with Crippen molar-refractivity contribution in [2.75, 3.05) is 18.5 Å². The van der Waals surface area contributed by atoms with Crippen LogP contribution in [0.1, 0.15) is 10.5 Å². The van der Waals surface area contributed by atoms with Crippen LogP contribution in [0, 0.1) is 0 Å². The number of amides is 1. The Labute approximate surface area is 136 Å². The highest BCUT2D eigenvalue weighted by molar-refractivity contribution is 6.01. The predicted octanol–water partition coefficient (Wildman–Crippen LogP) is 1.49. The smallest absolute Gasteiger partial charge is 0.322 e. The summed E-state index contributed by atoms with van der Waals surface area (Å²) in [7, 11) is 1.67. The fourth-order valence-electron chi connectivity index (χ4n) is 2.32. The number of aryl methyl sites for hydroxylation is 1. The molecule has 1 amide bonds. The van der Waals surface area contributed by atoms with Crippen molar-refractivity contribution in [2.24, 2.45) is 7.05 Å². The zero-order valence-electron chi connectivity index (χ0n) is 12.7. The number of fused-ring (bicyclic) bond motifs is 1. The van der Waals surface area contributed by atoms with Crippen molar-refractivity contribution in [1.82, 2.24) is 20.0 Å². The summed E-state index contributed by atoms with van der Waals surface area (Å²) in [5.74, 6) is 1.19. The topological polar surface area (TPSA) is 104 Å². The molecular formula is C15H13N5O4. The monoisotopic (exact) mass is 327 g/mol. The molecule has 0 fully saturated rings. The highest BCUT2D eigenvalue weighted by atomic mass is 16.6. The Balaban J connectivity index is 1.54. The van der Waals surface area contributed by atoms with Crippen LogP contribution in [0.25, 0.3) is 11.5 Å². The number of benzene rings is 1. The molecule has 1 aliphatic rings. The number of aromatic nitrogens is 4. The molecule has 0 radical (unpaired) electrons. The van der Waals surface area contributed by atoms with Gasteiger partial charge in [-0.05, 0) is 24.3 Å². The van der Waals surface area contributed by atoms with Gasteiger partial charge in [0.2, 0.25) is 5.89 Å². The van der Waals surface area contributed by atoms with Gasteiger partial charge in [0, 0.05) is 18.8 Å². The van der Waals surface area contributed by atoms with Gasteiger partial charge in [-0.3, -0.25) is 14.8 Å². The number of carbonyl (C=O) groups excluding carboxylic acids is 1.